The first kappa shape index (κ1) is 22.2. The van der Waals surface area contributed by atoms with Gasteiger partial charge in [0.15, 0.2) is 11.3 Å². The van der Waals surface area contributed by atoms with Crippen LogP contribution < -0.4 is 5.56 Å². The number of nitrogens with zero attached hydrogens (tertiary/aromatic N) is 5. The molecule has 0 amide bonds. The molecule has 3 heterocycles. The fourth-order valence-electron chi connectivity index (χ4n) is 4.34. The van der Waals surface area contributed by atoms with Crippen molar-refractivity contribution in [1.82, 2.24) is 24.1 Å². The average Bonchev–Trinajstić information content (AvgIpc) is 3.19. The molecule has 0 unspecified atom stereocenters. The highest BCUT2D eigenvalue weighted by atomic mass is 16.5. The molecular weight excluding hydrogens is 426 g/mol. The van der Waals surface area contributed by atoms with Gasteiger partial charge in [0.2, 0.25) is 0 Å². The van der Waals surface area contributed by atoms with E-state index in [2.05, 4.69) is 38.1 Å². The summed E-state index contributed by atoms with van der Waals surface area (Å²) < 4.78 is 9.04. The molecule has 5 rings (SSSR count). The van der Waals surface area contributed by atoms with Gasteiger partial charge in [-0.15, -0.1) is 0 Å². The number of ether oxygens (including phenoxy) is 1. The minimum Gasteiger partial charge on any atom is -0.382 e. The van der Waals surface area contributed by atoms with Crippen molar-refractivity contribution in [3.8, 4) is 5.69 Å². The Hall–Kier alpha value is -3.58. The Bertz CT molecular complexity index is 1520. The second-order valence-corrected chi connectivity index (χ2v) is 8.61. The Balaban J connectivity index is 1.74. The van der Waals surface area contributed by atoms with Crippen molar-refractivity contribution in [2.45, 2.75) is 46.1 Å². The first-order valence-electron chi connectivity index (χ1n) is 12.0. The molecule has 7 nitrogen and oxygen atoms in total. The summed E-state index contributed by atoms with van der Waals surface area (Å²) in [4.78, 5) is 28.1. The summed E-state index contributed by atoms with van der Waals surface area (Å²) in [6.07, 6.45) is 3.45. The van der Waals surface area contributed by atoms with Crippen LogP contribution >= 0.6 is 0 Å². The molecule has 3 aromatic heterocycles. The lowest BCUT2D eigenvalue weighted by molar-refractivity contribution is 0.141. The van der Waals surface area contributed by atoms with E-state index < -0.39 is 0 Å². The molecule has 0 radical (unpaired) electrons. The van der Waals surface area contributed by atoms with E-state index in [4.69, 9.17) is 19.7 Å². The van der Waals surface area contributed by atoms with Crippen molar-refractivity contribution in [2.24, 2.45) is 0 Å². The summed E-state index contributed by atoms with van der Waals surface area (Å²) in [7, 11) is 0. The zero-order valence-corrected chi connectivity index (χ0v) is 19.9. The third kappa shape index (κ3) is 3.86. The second kappa shape index (κ2) is 9.35. The van der Waals surface area contributed by atoms with E-state index in [1.165, 1.54) is 5.56 Å². The van der Waals surface area contributed by atoms with E-state index in [0.717, 1.165) is 29.6 Å². The molecule has 5 aromatic rings. The van der Waals surface area contributed by atoms with Gasteiger partial charge in [0.05, 0.1) is 17.4 Å². The van der Waals surface area contributed by atoms with Crippen molar-refractivity contribution in [3.05, 3.63) is 70.8 Å². The molecule has 174 valence electrons. The molecule has 0 spiro atoms. The van der Waals surface area contributed by atoms with Crippen LogP contribution in [-0.2, 0) is 11.3 Å². The summed E-state index contributed by atoms with van der Waals surface area (Å²) in [5.41, 5.74) is 5.43. The van der Waals surface area contributed by atoms with E-state index >= 15 is 0 Å². The van der Waals surface area contributed by atoms with Gasteiger partial charge in [-0.05, 0) is 55.5 Å². The van der Waals surface area contributed by atoms with Gasteiger partial charge >= 0.3 is 0 Å². The number of aryl methyl sites for hydroxylation is 1. The number of hydrogen-bond acceptors (Lipinski definition) is 5. The van der Waals surface area contributed by atoms with Gasteiger partial charge in [0.25, 0.3) is 5.56 Å². The van der Waals surface area contributed by atoms with Crippen LogP contribution in [0.3, 0.4) is 0 Å². The third-order valence-corrected chi connectivity index (χ3v) is 6.45. The number of benzene rings is 2. The van der Waals surface area contributed by atoms with Crippen LogP contribution in [0.1, 0.15) is 45.1 Å². The van der Waals surface area contributed by atoms with Crippen molar-refractivity contribution in [1.29, 1.82) is 0 Å². The van der Waals surface area contributed by atoms with E-state index in [-0.39, 0.29) is 5.56 Å². The number of aromatic nitrogens is 5. The van der Waals surface area contributed by atoms with E-state index in [1.807, 2.05) is 35.8 Å². The maximum Gasteiger partial charge on any atom is 0.265 e. The SMILES string of the molecule is CCOCCCn1cnc2c(c1=O)c1nc3ccccc3nc1n2-c1ccc([C@H](C)CC)cc1. The molecular formula is C27H29N5O2. The fraction of sp³-hybridized carbons (Fsp3) is 0.333. The second-order valence-electron chi connectivity index (χ2n) is 8.61. The van der Waals surface area contributed by atoms with Crippen LogP contribution in [0.4, 0.5) is 0 Å². The van der Waals surface area contributed by atoms with Crippen molar-refractivity contribution in [3.63, 3.8) is 0 Å². The van der Waals surface area contributed by atoms with Crippen molar-refractivity contribution < 1.29 is 4.74 Å². The van der Waals surface area contributed by atoms with Crippen LogP contribution in [0.15, 0.2) is 59.7 Å². The molecule has 0 fully saturated rings. The minimum atomic E-state index is -0.106. The largest absolute Gasteiger partial charge is 0.382 e. The predicted octanol–water partition coefficient (Wildman–Crippen LogP) is 5.22. The molecule has 0 saturated heterocycles. The Kier molecular flexibility index (Phi) is 6.11. The van der Waals surface area contributed by atoms with Gasteiger partial charge in [-0.1, -0.05) is 38.1 Å². The lowest BCUT2D eigenvalue weighted by Crippen LogP contribution is -2.21. The van der Waals surface area contributed by atoms with Crippen LogP contribution in [0, 0.1) is 0 Å². The zero-order chi connectivity index (χ0) is 23.7. The predicted molar refractivity (Wildman–Crippen MR) is 136 cm³/mol. The molecule has 34 heavy (non-hydrogen) atoms. The summed E-state index contributed by atoms with van der Waals surface area (Å²) >= 11 is 0. The average molecular weight is 456 g/mol. The monoisotopic (exact) mass is 455 g/mol. The highest BCUT2D eigenvalue weighted by Gasteiger charge is 2.21. The summed E-state index contributed by atoms with van der Waals surface area (Å²) in [6.45, 7) is 8.19. The lowest BCUT2D eigenvalue weighted by Gasteiger charge is -2.11. The first-order chi connectivity index (χ1) is 16.6. The molecule has 0 N–H and O–H groups in total. The summed E-state index contributed by atoms with van der Waals surface area (Å²) in [5.74, 6) is 0.484. The van der Waals surface area contributed by atoms with E-state index in [0.29, 0.717) is 47.9 Å². The van der Waals surface area contributed by atoms with Crippen LogP contribution in [0.25, 0.3) is 38.9 Å². The summed E-state index contributed by atoms with van der Waals surface area (Å²) in [6, 6.07) is 16.2. The number of hydrogen-bond donors (Lipinski definition) is 0. The molecule has 0 aliphatic carbocycles. The Labute approximate surface area is 198 Å². The zero-order valence-electron chi connectivity index (χ0n) is 19.9. The van der Waals surface area contributed by atoms with Crippen LogP contribution in [-0.4, -0.2) is 37.3 Å². The number of fused-ring (bicyclic) bond motifs is 4. The first-order valence-corrected chi connectivity index (χ1v) is 12.0. The molecule has 0 saturated carbocycles. The third-order valence-electron chi connectivity index (χ3n) is 6.45. The lowest BCUT2D eigenvalue weighted by atomic mass is 9.99. The highest BCUT2D eigenvalue weighted by molar-refractivity contribution is 6.05. The molecule has 1 atom stereocenters. The number of rotatable bonds is 8. The number of para-hydroxylation sites is 2. The standard InChI is InChI=1S/C27H29N5O2/c1-4-18(3)19-11-13-20(14-12-19)32-25-23(27(33)31(17-28-25)15-8-16-34-5-2)24-26(32)30-22-10-7-6-9-21(22)29-24/h6-7,9-14,17-18H,4-5,8,15-16H2,1-3H3/t18-/m1/s1. The van der Waals surface area contributed by atoms with Gasteiger partial charge < -0.3 is 4.74 Å². The highest BCUT2D eigenvalue weighted by Crippen LogP contribution is 2.29. The van der Waals surface area contributed by atoms with Gasteiger partial charge in [-0.25, -0.2) is 15.0 Å². The summed E-state index contributed by atoms with van der Waals surface area (Å²) in [5, 5.41) is 0.498. The van der Waals surface area contributed by atoms with Crippen LogP contribution in [0.5, 0.6) is 0 Å². The van der Waals surface area contributed by atoms with Crippen molar-refractivity contribution >= 4 is 33.2 Å². The maximum absolute atomic E-state index is 13.6. The topological polar surface area (TPSA) is 74.8 Å². The molecule has 2 aromatic carbocycles. The van der Waals surface area contributed by atoms with Gasteiger partial charge in [0.1, 0.15) is 10.9 Å². The van der Waals surface area contributed by atoms with Crippen LogP contribution in [0.2, 0.25) is 0 Å². The Morgan fingerprint density at radius 1 is 0.971 bits per heavy atom. The quantitative estimate of drug-likeness (QED) is 0.300. The molecule has 0 aliphatic heterocycles. The van der Waals surface area contributed by atoms with Gasteiger partial charge in [-0.3, -0.25) is 13.9 Å². The molecule has 0 bridgehead atoms. The molecule has 7 heteroatoms. The van der Waals surface area contributed by atoms with E-state index in [1.54, 1.807) is 10.9 Å². The molecule has 0 aliphatic rings. The normalized spacial score (nSPS) is 12.7. The van der Waals surface area contributed by atoms with Crippen molar-refractivity contribution in [2.75, 3.05) is 13.2 Å². The fourth-order valence-corrected chi connectivity index (χ4v) is 4.34. The van der Waals surface area contributed by atoms with E-state index in [9.17, 15) is 4.79 Å². The van der Waals surface area contributed by atoms with Gasteiger partial charge in [0, 0.05) is 25.4 Å². The smallest absolute Gasteiger partial charge is 0.265 e. The van der Waals surface area contributed by atoms with Gasteiger partial charge in [-0.2, -0.15) is 0 Å². The maximum atomic E-state index is 13.6. The Morgan fingerprint density at radius 3 is 2.41 bits per heavy atom. The minimum absolute atomic E-state index is 0.106. The Morgan fingerprint density at radius 2 is 1.71 bits per heavy atom.